The van der Waals surface area contributed by atoms with Crippen LogP contribution in [0.25, 0.3) is 0 Å². The van der Waals surface area contributed by atoms with Crippen molar-refractivity contribution in [1.82, 2.24) is 5.01 Å². The minimum absolute atomic E-state index is 0.332. The lowest BCUT2D eigenvalue weighted by Crippen LogP contribution is -2.56. The Kier molecular flexibility index (Phi) is 5.31. The summed E-state index contributed by atoms with van der Waals surface area (Å²) in [6.45, 7) is 5.77. The van der Waals surface area contributed by atoms with Gasteiger partial charge in [-0.3, -0.25) is 4.79 Å². The predicted octanol–water partition coefficient (Wildman–Crippen LogP) is 3.91. The molecule has 2 rings (SSSR count). The third-order valence-electron chi connectivity index (χ3n) is 4.24. The van der Waals surface area contributed by atoms with Crippen LogP contribution in [0.1, 0.15) is 32.8 Å². The highest BCUT2D eigenvalue weighted by Crippen LogP contribution is 2.43. The minimum Gasteiger partial charge on any atom is -0.484 e. The number of amides is 1. The van der Waals surface area contributed by atoms with Crippen molar-refractivity contribution in [2.45, 2.75) is 46.0 Å². The molecule has 0 bridgehead atoms. The molecule has 1 aromatic carbocycles. The van der Waals surface area contributed by atoms with E-state index in [1.807, 2.05) is 0 Å². The Labute approximate surface area is 154 Å². The first-order chi connectivity index (χ1) is 11.8. The zero-order valence-corrected chi connectivity index (χ0v) is 15.6. The molecule has 1 aromatic rings. The van der Waals surface area contributed by atoms with E-state index in [0.717, 1.165) is 5.56 Å². The maximum absolute atomic E-state index is 13.0. The maximum atomic E-state index is 13.0. The van der Waals surface area contributed by atoms with Gasteiger partial charge in [0.2, 0.25) is 0 Å². The van der Waals surface area contributed by atoms with E-state index in [-0.39, 0.29) is 0 Å². The lowest BCUT2D eigenvalue weighted by Gasteiger charge is -2.41. The summed E-state index contributed by atoms with van der Waals surface area (Å²) in [6, 6.07) is 4.71. The van der Waals surface area contributed by atoms with Crippen LogP contribution in [0.5, 0.6) is 5.75 Å². The highest BCUT2D eigenvalue weighted by atomic mass is 35.5. The Balaban J connectivity index is 2.22. The fraction of sp³-hybridized carbons (Fsp3) is 0.529. The molecule has 26 heavy (non-hydrogen) atoms. The number of hydrazone groups is 1. The average Bonchev–Trinajstić information content (AvgIpc) is 2.87. The van der Waals surface area contributed by atoms with Gasteiger partial charge in [0.25, 0.3) is 5.91 Å². The molecule has 0 spiro atoms. The maximum Gasteiger partial charge on any atom is 0.431 e. The van der Waals surface area contributed by atoms with E-state index >= 15 is 0 Å². The van der Waals surface area contributed by atoms with Gasteiger partial charge in [-0.15, -0.1) is 0 Å². The molecule has 0 aromatic heterocycles. The van der Waals surface area contributed by atoms with Crippen molar-refractivity contribution in [2.75, 3.05) is 6.61 Å². The number of hydrogen-bond acceptors (Lipinski definition) is 4. The van der Waals surface area contributed by atoms with Gasteiger partial charge in [-0.05, 0) is 30.7 Å². The molecular formula is C17H20ClF3N2O3. The van der Waals surface area contributed by atoms with Crippen LogP contribution in [0.2, 0.25) is 5.02 Å². The van der Waals surface area contributed by atoms with Crippen LogP contribution in [0.15, 0.2) is 23.3 Å². The summed E-state index contributed by atoms with van der Waals surface area (Å²) in [6.07, 6.45) is -5.53. The number of hydrogen-bond donors (Lipinski definition) is 1. The predicted molar refractivity (Wildman–Crippen MR) is 91.0 cm³/mol. The topological polar surface area (TPSA) is 62.1 Å². The first kappa shape index (κ1) is 20.5. The largest absolute Gasteiger partial charge is 0.484 e. The number of halogens is 4. The molecule has 1 heterocycles. The first-order valence-electron chi connectivity index (χ1n) is 7.85. The number of carbonyl (C=O) groups excluding carboxylic acids is 1. The summed E-state index contributed by atoms with van der Waals surface area (Å²) in [5, 5.41) is 15.1. The van der Waals surface area contributed by atoms with Crippen molar-refractivity contribution < 1.29 is 27.8 Å². The molecular weight excluding hydrogens is 373 g/mol. The number of aryl methyl sites for hydroxylation is 1. The van der Waals surface area contributed by atoms with E-state index < -0.39 is 42.0 Å². The summed E-state index contributed by atoms with van der Waals surface area (Å²) in [5.41, 5.74) is -3.64. The van der Waals surface area contributed by atoms with Crippen molar-refractivity contribution in [2.24, 2.45) is 10.5 Å². The van der Waals surface area contributed by atoms with Crippen molar-refractivity contribution in [1.29, 1.82) is 0 Å². The van der Waals surface area contributed by atoms with Crippen LogP contribution in [0, 0.1) is 12.3 Å². The van der Waals surface area contributed by atoms with E-state index in [4.69, 9.17) is 16.3 Å². The molecule has 1 N–H and O–H groups in total. The highest BCUT2D eigenvalue weighted by molar-refractivity contribution is 6.31. The lowest BCUT2D eigenvalue weighted by molar-refractivity contribution is -0.183. The number of alkyl halides is 3. The van der Waals surface area contributed by atoms with E-state index in [1.165, 1.54) is 26.8 Å². The minimum atomic E-state index is -4.73. The third kappa shape index (κ3) is 3.96. The van der Waals surface area contributed by atoms with Gasteiger partial charge in [0.05, 0.1) is 0 Å². The second-order valence-corrected chi connectivity index (χ2v) is 7.60. The number of ether oxygens (including phenoxy) is 1. The summed E-state index contributed by atoms with van der Waals surface area (Å²) in [4.78, 5) is 12.4. The summed E-state index contributed by atoms with van der Waals surface area (Å²) < 4.78 is 44.4. The van der Waals surface area contributed by atoms with Crippen LogP contribution in [0.3, 0.4) is 0 Å². The van der Waals surface area contributed by atoms with Crippen LogP contribution in [-0.2, 0) is 4.79 Å². The zero-order valence-electron chi connectivity index (χ0n) is 14.8. The van der Waals surface area contributed by atoms with Gasteiger partial charge in [0.1, 0.15) is 11.5 Å². The molecule has 0 saturated carbocycles. The molecule has 1 atom stereocenters. The van der Waals surface area contributed by atoms with Gasteiger partial charge in [0, 0.05) is 16.9 Å². The normalized spacial score (nSPS) is 21.0. The number of aliphatic hydroxyl groups is 1. The van der Waals surface area contributed by atoms with Crippen molar-refractivity contribution in [3.8, 4) is 5.75 Å². The van der Waals surface area contributed by atoms with Crippen LogP contribution >= 0.6 is 11.6 Å². The number of nitrogens with zero attached hydrogens (tertiary/aromatic N) is 2. The molecule has 0 aliphatic carbocycles. The van der Waals surface area contributed by atoms with E-state index in [2.05, 4.69) is 5.10 Å². The Morgan fingerprint density at radius 1 is 1.38 bits per heavy atom. The van der Waals surface area contributed by atoms with Crippen molar-refractivity contribution in [3.63, 3.8) is 0 Å². The van der Waals surface area contributed by atoms with Crippen molar-refractivity contribution >= 4 is 23.2 Å². The molecule has 144 valence electrons. The Morgan fingerprint density at radius 2 is 2.00 bits per heavy atom. The number of benzene rings is 1. The summed E-state index contributed by atoms with van der Waals surface area (Å²) in [7, 11) is 0. The Bertz CT molecular complexity index is 744. The third-order valence-corrected chi connectivity index (χ3v) is 4.67. The number of rotatable bonds is 3. The van der Waals surface area contributed by atoms with Gasteiger partial charge in [-0.1, -0.05) is 32.4 Å². The smallest absolute Gasteiger partial charge is 0.431 e. The highest BCUT2D eigenvalue weighted by Gasteiger charge is 2.57. The van der Waals surface area contributed by atoms with Gasteiger partial charge in [-0.2, -0.15) is 23.3 Å². The van der Waals surface area contributed by atoms with Gasteiger partial charge >= 0.3 is 6.18 Å². The number of carbonyl (C=O) groups is 1. The van der Waals surface area contributed by atoms with Gasteiger partial charge < -0.3 is 9.84 Å². The van der Waals surface area contributed by atoms with Gasteiger partial charge in [-0.25, -0.2) is 0 Å². The molecule has 1 amide bonds. The fourth-order valence-electron chi connectivity index (χ4n) is 2.46. The molecule has 0 radical (unpaired) electrons. The molecule has 0 unspecified atom stereocenters. The van der Waals surface area contributed by atoms with E-state index in [1.54, 1.807) is 19.1 Å². The van der Waals surface area contributed by atoms with Crippen LogP contribution in [0.4, 0.5) is 13.2 Å². The van der Waals surface area contributed by atoms with E-state index in [9.17, 15) is 23.1 Å². The SMILES string of the molecule is Cc1cc(OCC(=O)N2N=C(C(F)(F)F)C[C@@]2(O)C(C)(C)C)ccc1Cl. The van der Waals surface area contributed by atoms with Crippen molar-refractivity contribution in [3.05, 3.63) is 28.8 Å². The Morgan fingerprint density at radius 3 is 2.50 bits per heavy atom. The second-order valence-electron chi connectivity index (χ2n) is 7.19. The van der Waals surface area contributed by atoms with Gasteiger partial charge in [0.15, 0.2) is 12.3 Å². The van der Waals surface area contributed by atoms with Crippen LogP contribution < -0.4 is 4.74 Å². The molecule has 5 nitrogen and oxygen atoms in total. The molecule has 1 aliphatic rings. The summed E-state index contributed by atoms with van der Waals surface area (Å²) >= 11 is 5.91. The molecule has 1 aliphatic heterocycles. The molecule has 0 saturated heterocycles. The zero-order chi connectivity index (χ0) is 19.9. The lowest BCUT2D eigenvalue weighted by atomic mass is 9.80. The average molecular weight is 393 g/mol. The monoisotopic (exact) mass is 392 g/mol. The second kappa shape index (κ2) is 6.74. The fourth-order valence-corrected chi connectivity index (χ4v) is 2.58. The Hall–Kier alpha value is -1.80. The molecule has 9 heteroatoms. The summed E-state index contributed by atoms with van der Waals surface area (Å²) in [5.74, 6) is -0.548. The van der Waals surface area contributed by atoms with E-state index in [0.29, 0.717) is 15.8 Å². The standard InChI is InChI=1S/C17H20ClF3N2O3/c1-10-7-11(5-6-12(10)18)26-9-14(24)23-16(25,15(2,3)4)8-13(22-23)17(19,20)21/h5-7,25H,8-9H2,1-4H3/t16-/m1/s1. The first-order valence-corrected chi connectivity index (χ1v) is 8.22. The molecule has 0 fully saturated rings. The quantitative estimate of drug-likeness (QED) is 0.848. The van der Waals surface area contributed by atoms with Crippen LogP contribution in [-0.4, -0.2) is 40.2 Å².